The van der Waals surface area contributed by atoms with Gasteiger partial charge >= 0.3 is 6.09 Å². The van der Waals surface area contributed by atoms with Crippen LogP contribution in [0.15, 0.2) is 18.2 Å². The Bertz CT molecular complexity index is 592. The van der Waals surface area contributed by atoms with Crippen molar-refractivity contribution in [3.63, 3.8) is 0 Å². The van der Waals surface area contributed by atoms with E-state index < -0.39 is 0 Å². The lowest BCUT2D eigenvalue weighted by Crippen LogP contribution is -2.32. The molecule has 3 rings (SSSR count). The van der Waals surface area contributed by atoms with E-state index in [9.17, 15) is 4.79 Å². The normalized spacial score (nSPS) is 21.0. The predicted molar refractivity (Wildman–Crippen MR) is 95.1 cm³/mol. The monoisotopic (exact) mass is 336 g/mol. The van der Waals surface area contributed by atoms with E-state index in [1.807, 2.05) is 24.8 Å². The van der Waals surface area contributed by atoms with Crippen molar-refractivity contribution in [2.24, 2.45) is 0 Å². The van der Waals surface area contributed by atoms with E-state index in [0.717, 1.165) is 29.3 Å². The quantitative estimate of drug-likeness (QED) is 0.860. The highest BCUT2D eigenvalue weighted by atomic mass is 32.2. The summed E-state index contributed by atoms with van der Waals surface area (Å²) in [7, 11) is 0. The number of carbonyl (C=O) groups excluding carboxylic acids is 1. The summed E-state index contributed by atoms with van der Waals surface area (Å²) >= 11 is 6.99. The van der Waals surface area contributed by atoms with Gasteiger partial charge < -0.3 is 10.1 Å². The van der Waals surface area contributed by atoms with Gasteiger partial charge in [-0.25, -0.2) is 4.79 Å². The van der Waals surface area contributed by atoms with Crippen molar-refractivity contribution in [3.05, 3.63) is 29.3 Å². The Kier molecular flexibility index (Phi) is 4.88. The number of amides is 1. The number of carbonyl (C=O) groups is 1. The number of ether oxygens (including phenoxy) is 1. The number of cyclic esters (lactones) is 1. The van der Waals surface area contributed by atoms with Crippen LogP contribution in [0.25, 0.3) is 0 Å². The first-order chi connectivity index (χ1) is 10.6. The first kappa shape index (κ1) is 15.6. The maximum atomic E-state index is 12.1. The largest absolute Gasteiger partial charge is 0.442 e. The lowest BCUT2D eigenvalue weighted by molar-refractivity contribution is 0.143. The number of nitrogens with zero attached hydrogens (tertiary/aromatic N) is 1. The highest BCUT2D eigenvalue weighted by Crippen LogP contribution is 2.27. The molecule has 2 heterocycles. The lowest BCUT2D eigenvalue weighted by Gasteiger charge is -2.16. The van der Waals surface area contributed by atoms with E-state index >= 15 is 0 Å². The molecule has 2 aliphatic rings. The molecular formula is C16H20N2O2S2. The molecule has 0 aliphatic carbocycles. The van der Waals surface area contributed by atoms with Crippen LogP contribution < -0.4 is 10.2 Å². The lowest BCUT2D eigenvalue weighted by atomic mass is 10.0. The Morgan fingerprint density at radius 3 is 2.95 bits per heavy atom. The van der Waals surface area contributed by atoms with E-state index in [-0.39, 0.29) is 12.2 Å². The fraction of sp³-hybridized carbons (Fsp3) is 0.500. The number of hydrogen-bond acceptors (Lipinski definition) is 4. The van der Waals surface area contributed by atoms with Crippen LogP contribution in [-0.2, 0) is 17.6 Å². The molecule has 1 N–H and O–H groups in total. The summed E-state index contributed by atoms with van der Waals surface area (Å²) < 4.78 is 5.41. The molecule has 6 heteroatoms. The molecule has 4 nitrogen and oxygen atoms in total. The number of rotatable bonds is 3. The molecule has 0 aromatic heterocycles. The molecule has 1 aromatic rings. The van der Waals surface area contributed by atoms with Crippen LogP contribution in [0, 0.1) is 0 Å². The second-order valence-corrected chi connectivity index (χ2v) is 7.46. The van der Waals surface area contributed by atoms with Gasteiger partial charge in [0.15, 0.2) is 0 Å². The van der Waals surface area contributed by atoms with Crippen molar-refractivity contribution in [2.45, 2.75) is 25.9 Å². The minimum absolute atomic E-state index is 0.153. The number of thioether (sulfide) groups is 1. The molecule has 22 heavy (non-hydrogen) atoms. The Morgan fingerprint density at radius 1 is 1.41 bits per heavy atom. The SMILES string of the molecule is CC(=S)NC[C@H]1CN(c2ccc3c(c2)CCSCC3)C(=O)O1. The van der Waals surface area contributed by atoms with Gasteiger partial charge in [0.1, 0.15) is 6.10 Å². The van der Waals surface area contributed by atoms with Crippen LogP contribution in [0.5, 0.6) is 0 Å². The summed E-state index contributed by atoms with van der Waals surface area (Å²) in [5.74, 6) is 2.34. The van der Waals surface area contributed by atoms with Crippen LogP contribution >= 0.6 is 24.0 Å². The molecule has 0 unspecified atom stereocenters. The van der Waals surface area contributed by atoms with Gasteiger partial charge in [-0.2, -0.15) is 11.8 Å². The molecule has 0 saturated carbocycles. The molecule has 1 saturated heterocycles. The van der Waals surface area contributed by atoms with Crippen molar-refractivity contribution in [3.8, 4) is 0 Å². The van der Waals surface area contributed by atoms with Crippen molar-refractivity contribution < 1.29 is 9.53 Å². The number of aryl methyl sites for hydroxylation is 2. The molecule has 1 atom stereocenters. The van der Waals surface area contributed by atoms with Crippen LogP contribution in [-0.4, -0.2) is 41.8 Å². The average Bonchev–Trinajstić information content (AvgIpc) is 2.71. The van der Waals surface area contributed by atoms with E-state index in [2.05, 4.69) is 17.4 Å². The molecule has 1 amide bonds. The third-order valence-corrected chi connectivity index (χ3v) is 5.12. The summed E-state index contributed by atoms with van der Waals surface area (Å²) in [5.41, 5.74) is 3.72. The second-order valence-electron chi connectivity index (χ2n) is 5.62. The van der Waals surface area contributed by atoms with Crippen LogP contribution in [0.4, 0.5) is 10.5 Å². The standard InChI is InChI=1S/C16H20N2O2S2/c1-11(21)17-9-15-10-18(16(19)20-15)14-3-2-12-4-6-22-7-5-13(12)8-14/h2-3,8,15H,4-7,9-10H2,1H3,(H,17,21)/t15-/m0/s1. The summed E-state index contributed by atoms with van der Waals surface area (Å²) in [6.07, 6.45) is 1.77. The van der Waals surface area contributed by atoms with Gasteiger partial charge in [0.2, 0.25) is 0 Å². The highest BCUT2D eigenvalue weighted by Gasteiger charge is 2.32. The van der Waals surface area contributed by atoms with Crippen molar-refractivity contribution in [2.75, 3.05) is 29.5 Å². The first-order valence-corrected chi connectivity index (χ1v) is 9.12. The second kappa shape index (κ2) is 6.87. The van der Waals surface area contributed by atoms with Gasteiger partial charge in [0.25, 0.3) is 0 Å². The van der Waals surface area contributed by atoms with E-state index in [4.69, 9.17) is 17.0 Å². The zero-order chi connectivity index (χ0) is 15.5. The predicted octanol–water partition coefficient (Wildman–Crippen LogP) is 2.78. The van der Waals surface area contributed by atoms with Gasteiger partial charge in [-0.1, -0.05) is 18.3 Å². The van der Waals surface area contributed by atoms with Gasteiger partial charge in [-0.15, -0.1) is 0 Å². The molecule has 118 valence electrons. The number of anilines is 1. The number of nitrogens with one attached hydrogen (secondary N) is 1. The highest BCUT2D eigenvalue weighted by molar-refractivity contribution is 7.99. The van der Waals surface area contributed by atoms with Crippen LogP contribution in [0.3, 0.4) is 0 Å². The van der Waals surface area contributed by atoms with E-state index in [0.29, 0.717) is 13.1 Å². The third-order valence-electron chi connectivity index (χ3n) is 3.99. The van der Waals surface area contributed by atoms with Gasteiger partial charge in [-0.3, -0.25) is 4.90 Å². The van der Waals surface area contributed by atoms with Gasteiger partial charge in [0, 0.05) is 5.69 Å². The molecule has 1 fully saturated rings. The number of hydrogen-bond donors (Lipinski definition) is 1. The van der Waals surface area contributed by atoms with Crippen molar-refractivity contribution >= 4 is 40.7 Å². The fourth-order valence-electron chi connectivity index (χ4n) is 2.82. The average molecular weight is 336 g/mol. The summed E-state index contributed by atoms with van der Waals surface area (Å²) in [6.45, 7) is 2.97. The fourth-order valence-corrected chi connectivity index (χ4v) is 3.84. The molecule has 0 spiro atoms. The van der Waals surface area contributed by atoms with Crippen LogP contribution in [0.1, 0.15) is 18.1 Å². The maximum Gasteiger partial charge on any atom is 0.414 e. The van der Waals surface area contributed by atoms with E-state index in [1.165, 1.54) is 16.9 Å². The number of fused-ring (bicyclic) bond motifs is 1. The van der Waals surface area contributed by atoms with Crippen molar-refractivity contribution in [1.82, 2.24) is 5.32 Å². The zero-order valence-electron chi connectivity index (χ0n) is 12.6. The Balaban J connectivity index is 1.72. The molecule has 0 bridgehead atoms. The topological polar surface area (TPSA) is 41.6 Å². The summed E-state index contributed by atoms with van der Waals surface area (Å²) in [6, 6.07) is 6.36. The molecule has 1 aromatic carbocycles. The van der Waals surface area contributed by atoms with Gasteiger partial charge in [0.05, 0.1) is 18.1 Å². The maximum absolute atomic E-state index is 12.1. The summed E-state index contributed by atoms with van der Waals surface area (Å²) in [4.78, 5) is 14.5. The smallest absolute Gasteiger partial charge is 0.414 e. The Hall–Kier alpha value is -1.27. The van der Waals surface area contributed by atoms with E-state index in [1.54, 1.807) is 4.90 Å². The molecule has 0 radical (unpaired) electrons. The minimum Gasteiger partial charge on any atom is -0.442 e. The van der Waals surface area contributed by atoms with Gasteiger partial charge in [-0.05, 0) is 54.5 Å². The number of benzene rings is 1. The Morgan fingerprint density at radius 2 is 2.18 bits per heavy atom. The molecule has 2 aliphatic heterocycles. The minimum atomic E-state index is -0.267. The summed E-state index contributed by atoms with van der Waals surface area (Å²) in [5, 5.41) is 3.06. The number of thiocarbonyl (C=S) groups is 1. The first-order valence-electron chi connectivity index (χ1n) is 7.55. The Labute approximate surface area is 140 Å². The zero-order valence-corrected chi connectivity index (χ0v) is 14.3. The third kappa shape index (κ3) is 3.55. The molecular weight excluding hydrogens is 316 g/mol. The van der Waals surface area contributed by atoms with Crippen LogP contribution in [0.2, 0.25) is 0 Å². The van der Waals surface area contributed by atoms with Crippen molar-refractivity contribution in [1.29, 1.82) is 0 Å².